The number of benzene rings is 1. The van der Waals surface area contributed by atoms with Crippen LogP contribution in [0.25, 0.3) is 0 Å². The molecular formula is C11H17N2O7P2S-3. The average molecular weight is 383 g/mol. The zero-order valence-corrected chi connectivity index (χ0v) is 14.8. The second kappa shape index (κ2) is 8.11. The number of quaternary nitrogens is 1. The van der Waals surface area contributed by atoms with Crippen molar-refractivity contribution in [3.05, 3.63) is 30.3 Å². The van der Waals surface area contributed by atoms with Gasteiger partial charge in [-0.2, -0.15) is 0 Å². The summed E-state index contributed by atoms with van der Waals surface area (Å²) in [6, 6.07) is 9.01. The molecule has 0 saturated heterocycles. The molecule has 0 amide bonds. The fourth-order valence-electron chi connectivity index (χ4n) is 1.76. The number of nitrogens with one attached hydrogen (secondary N) is 1. The highest BCUT2D eigenvalue weighted by molar-refractivity contribution is 7.99. The molecule has 0 aromatic heterocycles. The molecule has 12 heteroatoms. The molecule has 132 valence electrons. The fraction of sp³-hybridized carbons (Fsp3) is 0.455. The molecule has 0 radical (unpaired) electrons. The number of anilines is 1. The zero-order chi connectivity index (χ0) is 17.7. The number of hydrogen-bond acceptors (Lipinski definition) is 9. The van der Waals surface area contributed by atoms with E-state index in [1.807, 2.05) is 6.07 Å². The molecule has 1 aromatic carbocycles. The Labute approximate surface area is 137 Å². The molecule has 4 N–H and O–H groups in total. The van der Waals surface area contributed by atoms with Gasteiger partial charge in [0.1, 0.15) is 5.08 Å². The van der Waals surface area contributed by atoms with E-state index in [1.165, 1.54) is 17.1 Å². The van der Waals surface area contributed by atoms with Gasteiger partial charge in [0.25, 0.3) is 0 Å². The van der Waals surface area contributed by atoms with E-state index in [0.717, 1.165) is 5.69 Å². The highest BCUT2D eigenvalue weighted by Gasteiger charge is 2.36. The van der Waals surface area contributed by atoms with E-state index in [-0.39, 0.29) is 12.0 Å². The summed E-state index contributed by atoms with van der Waals surface area (Å²) in [6.45, 7) is -0.259. The molecule has 0 aliphatic heterocycles. The van der Waals surface area contributed by atoms with Gasteiger partial charge in [-0.1, -0.05) is 30.0 Å². The minimum absolute atomic E-state index is 0.259. The summed E-state index contributed by atoms with van der Waals surface area (Å²) >= 11 is 1.33. The first kappa shape index (κ1) is 20.6. The Morgan fingerprint density at radius 1 is 1.22 bits per heavy atom. The lowest BCUT2D eigenvalue weighted by molar-refractivity contribution is -0.663. The van der Waals surface area contributed by atoms with Crippen molar-refractivity contribution < 1.29 is 39.1 Å². The summed E-state index contributed by atoms with van der Waals surface area (Å²) in [5.41, 5.74) is 0.437. The summed E-state index contributed by atoms with van der Waals surface area (Å²) in [5.74, 6) is 0. The van der Waals surface area contributed by atoms with E-state index in [4.69, 9.17) is 0 Å². The van der Waals surface area contributed by atoms with Crippen molar-refractivity contribution in [1.82, 2.24) is 0 Å². The third-order valence-corrected chi connectivity index (χ3v) is 7.56. The molecule has 9 nitrogen and oxygen atoms in total. The number of para-hydroxylation sites is 1. The van der Waals surface area contributed by atoms with Gasteiger partial charge >= 0.3 is 0 Å². The van der Waals surface area contributed by atoms with Gasteiger partial charge in [0, 0.05) is 12.1 Å². The van der Waals surface area contributed by atoms with E-state index in [2.05, 4.69) is 5.32 Å². The second-order valence-corrected chi connectivity index (χ2v) is 9.51. The van der Waals surface area contributed by atoms with Gasteiger partial charge in [-0.25, -0.2) is 0 Å². The maximum absolute atomic E-state index is 11.0. The number of aliphatic hydroxyl groups is 1. The Balaban J connectivity index is 2.68. The van der Waals surface area contributed by atoms with Crippen molar-refractivity contribution in [3.63, 3.8) is 0 Å². The predicted molar refractivity (Wildman–Crippen MR) is 78.9 cm³/mol. The van der Waals surface area contributed by atoms with Crippen LogP contribution >= 0.6 is 27.0 Å². The Kier molecular flexibility index (Phi) is 7.28. The minimum atomic E-state index is -6.02. The number of thioether (sulfide) groups is 1. The monoisotopic (exact) mass is 383 g/mol. The molecule has 1 atom stereocenters. The van der Waals surface area contributed by atoms with Crippen LogP contribution in [-0.4, -0.2) is 28.5 Å². The molecule has 0 aliphatic carbocycles. The maximum Gasteiger partial charge on any atom is 0.207 e. The standard InChI is InChI=1S/C11H20N2O7P2S/c1-23-10(13-9-5-3-2-4-6-9)12-8-7-11(14,21(15,16)17)22(18,19)20/h2-6,10,12-14H,7-8H2,1H3,(H2,15,16,17)(H2,18,19,20)/p-3/t10-/m0/s1. The first-order valence-electron chi connectivity index (χ1n) is 6.45. The Bertz CT molecular complexity index is 569. The van der Waals surface area contributed by atoms with Crippen LogP contribution in [0, 0.1) is 0 Å². The maximum atomic E-state index is 11.0. The molecule has 0 unspecified atom stereocenters. The predicted octanol–water partition coefficient (Wildman–Crippen LogP) is -2.83. The summed E-state index contributed by atoms with van der Waals surface area (Å²) in [4.78, 5) is 43.8. The first-order valence-corrected chi connectivity index (χ1v) is 10.8. The Hall–Kier alpha value is -0.410. The first-order chi connectivity index (χ1) is 10.5. The lowest BCUT2D eigenvalue weighted by atomic mass is 10.3. The van der Waals surface area contributed by atoms with Crippen LogP contribution in [0.2, 0.25) is 0 Å². The van der Waals surface area contributed by atoms with Gasteiger partial charge in [-0.3, -0.25) is 0 Å². The highest BCUT2D eigenvalue weighted by Crippen LogP contribution is 2.60. The largest absolute Gasteiger partial charge is 0.808 e. The smallest absolute Gasteiger partial charge is 0.207 e. The minimum Gasteiger partial charge on any atom is -0.808 e. The number of hydrogen-bond donors (Lipinski definition) is 3. The van der Waals surface area contributed by atoms with Crippen molar-refractivity contribution in [2.24, 2.45) is 0 Å². The van der Waals surface area contributed by atoms with Gasteiger partial charge in [0.05, 0.1) is 6.54 Å². The van der Waals surface area contributed by atoms with E-state index < -0.39 is 26.7 Å². The lowest BCUT2D eigenvalue weighted by Gasteiger charge is -2.55. The van der Waals surface area contributed by atoms with Gasteiger partial charge in [-0.15, -0.1) is 0 Å². The quantitative estimate of drug-likeness (QED) is 0.300. The molecule has 1 aromatic rings. The lowest BCUT2D eigenvalue weighted by Crippen LogP contribution is -2.91. The summed E-state index contributed by atoms with van der Waals surface area (Å²) in [5, 5.41) is 10.3. The molecule has 0 spiro atoms. The SMILES string of the molecule is CS[C@H](Nc1ccccc1)[NH2+]CCC(O)(P(=O)([O-])[O-])P(=O)([O-])[O-]. The average Bonchev–Trinajstić information content (AvgIpc) is 2.44. The van der Waals surface area contributed by atoms with Gasteiger partial charge in [-0.05, 0) is 33.6 Å². The molecule has 23 heavy (non-hydrogen) atoms. The van der Waals surface area contributed by atoms with Crippen LogP contribution in [0.15, 0.2) is 30.3 Å². The molecule has 0 heterocycles. The number of rotatable bonds is 9. The molecule has 0 aliphatic rings. The molecule has 0 fully saturated rings. The third kappa shape index (κ3) is 5.56. The van der Waals surface area contributed by atoms with Crippen LogP contribution in [0.3, 0.4) is 0 Å². The van der Waals surface area contributed by atoms with Crippen LogP contribution in [-0.2, 0) is 9.13 Å². The van der Waals surface area contributed by atoms with Crippen molar-refractivity contribution in [3.8, 4) is 0 Å². The second-order valence-electron chi connectivity index (χ2n) is 4.71. The molecule has 0 bridgehead atoms. The van der Waals surface area contributed by atoms with Gasteiger partial charge in [0.2, 0.25) is 5.50 Å². The number of nitrogens with two attached hydrogens (primary N) is 1. The third-order valence-electron chi connectivity index (χ3n) is 3.07. The molecular weight excluding hydrogens is 366 g/mol. The van der Waals surface area contributed by atoms with Gasteiger partial charge in [0.15, 0.2) is 0 Å². The van der Waals surface area contributed by atoms with E-state index >= 15 is 0 Å². The van der Waals surface area contributed by atoms with Crippen molar-refractivity contribution in [2.75, 3.05) is 18.1 Å². The molecule has 1 rings (SSSR count). The van der Waals surface area contributed by atoms with E-state index in [9.17, 15) is 33.8 Å². The highest BCUT2D eigenvalue weighted by atomic mass is 32.2. The van der Waals surface area contributed by atoms with Crippen molar-refractivity contribution >= 4 is 32.6 Å². The fourth-order valence-corrected chi connectivity index (χ4v) is 4.35. The van der Waals surface area contributed by atoms with E-state index in [0.29, 0.717) is 0 Å². The Morgan fingerprint density at radius 2 is 1.74 bits per heavy atom. The van der Waals surface area contributed by atoms with Crippen LogP contribution in [0.1, 0.15) is 6.42 Å². The van der Waals surface area contributed by atoms with Gasteiger partial charge < -0.3 is 44.4 Å². The van der Waals surface area contributed by atoms with E-state index in [1.54, 1.807) is 30.5 Å². The van der Waals surface area contributed by atoms with Crippen molar-refractivity contribution in [2.45, 2.75) is 17.0 Å². The summed E-state index contributed by atoms with van der Waals surface area (Å²) in [7, 11) is -12.0. The molecule has 0 saturated carbocycles. The van der Waals surface area contributed by atoms with Crippen LogP contribution < -0.4 is 30.2 Å². The van der Waals surface area contributed by atoms with Crippen LogP contribution in [0.5, 0.6) is 0 Å². The van der Waals surface area contributed by atoms with Crippen LogP contribution in [0.4, 0.5) is 5.69 Å². The summed E-state index contributed by atoms with van der Waals surface area (Å²) < 4.78 is 21.9. The Morgan fingerprint density at radius 3 is 2.17 bits per heavy atom. The topological polar surface area (TPSA) is 175 Å². The summed E-state index contributed by atoms with van der Waals surface area (Å²) in [6.07, 6.45) is 0.747. The zero-order valence-electron chi connectivity index (χ0n) is 12.2. The normalized spacial score (nSPS) is 14.5. The van der Waals surface area contributed by atoms with Crippen molar-refractivity contribution in [1.29, 1.82) is 0 Å².